The fourth-order valence-corrected chi connectivity index (χ4v) is 1.92. The third-order valence-electron chi connectivity index (χ3n) is 2.83. The van der Waals surface area contributed by atoms with E-state index in [1.54, 1.807) is 0 Å². The zero-order valence-electron chi connectivity index (χ0n) is 9.53. The van der Waals surface area contributed by atoms with Crippen LogP contribution in [0.4, 0.5) is 0 Å². The van der Waals surface area contributed by atoms with Crippen molar-refractivity contribution in [2.24, 2.45) is 10.7 Å². The van der Waals surface area contributed by atoms with Gasteiger partial charge in [0.2, 0.25) is 0 Å². The van der Waals surface area contributed by atoms with Gasteiger partial charge in [-0.1, -0.05) is 0 Å². The van der Waals surface area contributed by atoms with Gasteiger partial charge in [-0.2, -0.15) is 0 Å². The molecule has 0 spiro atoms. The van der Waals surface area contributed by atoms with E-state index in [1.807, 2.05) is 14.0 Å². The van der Waals surface area contributed by atoms with Crippen LogP contribution in [0.15, 0.2) is 4.99 Å². The highest BCUT2D eigenvalue weighted by atomic mass is 15.3. The molecule has 1 rings (SSSR count). The van der Waals surface area contributed by atoms with Gasteiger partial charge in [-0.3, -0.25) is 4.99 Å². The zero-order chi connectivity index (χ0) is 10.6. The number of nitrogens with two attached hydrogens (primary N) is 1. The lowest BCUT2D eigenvalue weighted by molar-refractivity contribution is 0.181. The van der Waals surface area contributed by atoms with E-state index in [9.17, 15) is 0 Å². The summed E-state index contributed by atoms with van der Waals surface area (Å²) < 4.78 is 0. The summed E-state index contributed by atoms with van der Waals surface area (Å²) in [5.74, 6) is 0.674. The van der Waals surface area contributed by atoms with E-state index in [0.717, 1.165) is 13.1 Å². The van der Waals surface area contributed by atoms with Crippen molar-refractivity contribution in [3.05, 3.63) is 0 Å². The minimum Gasteiger partial charge on any atom is -0.370 e. The maximum Gasteiger partial charge on any atom is 0.191 e. The first kappa shape index (κ1) is 11.3. The van der Waals surface area contributed by atoms with E-state index in [-0.39, 0.29) is 0 Å². The lowest BCUT2D eigenvalue weighted by atomic mass is 10.1. The summed E-state index contributed by atoms with van der Waals surface area (Å²) >= 11 is 0. The molecule has 1 heterocycles. The van der Waals surface area contributed by atoms with Crippen molar-refractivity contribution < 1.29 is 0 Å². The Balaban J connectivity index is 2.50. The summed E-state index contributed by atoms with van der Waals surface area (Å²) in [4.78, 5) is 8.69. The Kier molecular flexibility index (Phi) is 4.20. The SMILES string of the molecule is CCN=C(N)N(C)C1CCCN(C)C1. The number of aliphatic imine (C=N–C) groups is 1. The summed E-state index contributed by atoms with van der Waals surface area (Å²) in [6.07, 6.45) is 2.48. The molecule has 1 aliphatic heterocycles. The standard InChI is InChI=1S/C10H22N4/c1-4-12-10(11)14(3)9-6-5-7-13(2)8-9/h9H,4-8H2,1-3H3,(H2,11,12). The summed E-state index contributed by atoms with van der Waals surface area (Å²) in [6.45, 7) is 5.07. The minimum absolute atomic E-state index is 0.532. The molecule has 82 valence electrons. The Morgan fingerprint density at radius 2 is 2.36 bits per heavy atom. The van der Waals surface area contributed by atoms with E-state index in [4.69, 9.17) is 5.73 Å². The van der Waals surface area contributed by atoms with Crippen molar-refractivity contribution >= 4 is 5.96 Å². The molecule has 0 radical (unpaired) electrons. The Hall–Kier alpha value is -0.770. The van der Waals surface area contributed by atoms with E-state index >= 15 is 0 Å². The molecule has 0 amide bonds. The fraction of sp³-hybridized carbons (Fsp3) is 0.900. The predicted molar refractivity (Wildman–Crippen MR) is 60.4 cm³/mol. The van der Waals surface area contributed by atoms with E-state index in [2.05, 4.69) is 21.8 Å². The molecule has 0 aromatic heterocycles. The Labute approximate surface area is 86.8 Å². The first-order valence-corrected chi connectivity index (χ1v) is 5.36. The number of likely N-dealkylation sites (N-methyl/N-ethyl adjacent to an activating group) is 2. The third kappa shape index (κ3) is 2.87. The zero-order valence-corrected chi connectivity index (χ0v) is 9.53. The normalized spacial score (nSPS) is 25.1. The van der Waals surface area contributed by atoms with Crippen molar-refractivity contribution in [3.8, 4) is 0 Å². The lowest BCUT2D eigenvalue weighted by Gasteiger charge is -2.36. The van der Waals surface area contributed by atoms with Crippen LogP contribution < -0.4 is 5.73 Å². The molecule has 0 aromatic carbocycles. The number of rotatable bonds is 2. The lowest BCUT2D eigenvalue weighted by Crippen LogP contribution is -2.49. The quantitative estimate of drug-likeness (QED) is 0.514. The van der Waals surface area contributed by atoms with Gasteiger partial charge in [0.05, 0.1) is 0 Å². The maximum absolute atomic E-state index is 5.86. The van der Waals surface area contributed by atoms with Gasteiger partial charge in [-0.25, -0.2) is 0 Å². The minimum atomic E-state index is 0.532. The van der Waals surface area contributed by atoms with Gasteiger partial charge in [0.15, 0.2) is 5.96 Å². The van der Waals surface area contributed by atoms with Gasteiger partial charge in [-0.15, -0.1) is 0 Å². The molecule has 0 bridgehead atoms. The largest absolute Gasteiger partial charge is 0.370 e. The van der Waals surface area contributed by atoms with Gasteiger partial charge in [0.1, 0.15) is 0 Å². The van der Waals surface area contributed by atoms with Gasteiger partial charge >= 0.3 is 0 Å². The fourth-order valence-electron chi connectivity index (χ4n) is 1.92. The molecule has 1 fully saturated rings. The maximum atomic E-state index is 5.86. The second-order valence-corrected chi connectivity index (χ2v) is 4.00. The van der Waals surface area contributed by atoms with Gasteiger partial charge in [-0.05, 0) is 33.4 Å². The van der Waals surface area contributed by atoms with Crippen LogP contribution in [0.25, 0.3) is 0 Å². The number of hydrogen-bond donors (Lipinski definition) is 1. The molecule has 4 nitrogen and oxygen atoms in total. The van der Waals surface area contributed by atoms with Crippen LogP contribution in [0.3, 0.4) is 0 Å². The van der Waals surface area contributed by atoms with E-state index in [1.165, 1.54) is 19.4 Å². The number of guanidine groups is 1. The molecule has 1 aliphatic rings. The Bertz CT molecular complexity index is 202. The molecule has 4 heteroatoms. The van der Waals surface area contributed by atoms with Crippen molar-refractivity contribution in [1.29, 1.82) is 0 Å². The summed E-state index contributed by atoms with van der Waals surface area (Å²) in [5.41, 5.74) is 5.86. The summed E-state index contributed by atoms with van der Waals surface area (Å²) in [5, 5.41) is 0. The Morgan fingerprint density at radius 3 is 2.93 bits per heavy atom. The highest BCUT2D eigenvalue weighted by molar-refractivity contribution is 5.78. The van der Waals surface area contributed by atoms with Gasteiger partial charge in [0, 0.05) is 26.2 Å². The number of hydrogen-bond acceptors (Lipinski definition) is 2. The molecule has 0 saturated carbocycles. The molecule has 0 aromatic rings. The van der Waals surface area contributed by atoms with Crippen LogP contribution in [-0.4, -0.2) is 55.5 Å². The second kappa shape index (κ2) is 5.20. The Morgan fingerprint density at radius 1 is 1.64 bits per heavy atom. The van der Waals surface area contributed by atoms with Crippen molar-refractivity contribution in [1.82, 2.24) is 9.80 Å². The average molecular weight is 198 g/mol. The summed E-state index contributed by atoms with van der Waals surface area (Å²) in [6, 6.07) is 0.532. The topological polar surface area (TPSA) is 44.9 Å². The molecule has 0 aliphatic carbocycles. The second-order valence-electron chi connectivity index (χ2n) is 4.00. The average Bonchev–Trinajstić information content (AvgIpc) is 2.17. The number of likely N-dealkylation sites (tertiary alicyclic amines) is 1. The number of nitrogens with zero attached hydrogens (tertiary/aromatic N) is 3. The molecule has 2 N–H and O–H groups in total. The van der Waals surface area contributed by atoms with Crippen LogP contribution in [0.5, 0.6) is 0 Å². The first-order valence-electron chi connectivity index (χ1n) is 5.36. The van der Waals surface area contributed by atoms with Crippen molar-refractivity contribution in [3.63, 3.8) is 0 Å². The smallest absolute Gasteiger partial charge is 0.191 e. The van der Waals surface area contributed by atoms with Crippen LogP contribution >= 0.6 is 0 Å². The first-order chi connectivity index (χ1) is 6.65. The highest BCUT2D eigenvalue weighted by Crippen LogP contribution is 2.12. The third-order valence-corrected chi connectivity index (χ3v) is 2.83. The van der Waals surface area contributed by atoms with Crippen LogP contribution in [0, 0.1) is 0 Å². The molecule has 14 heavy (non-hydrogen) atoms. The van der Waals surface area contributed by atoms with Crippen LogP contribution in [0.2, 0.25) is 0 Å². The highest BCUT2D eigenvalue weighted by Gasteiger charge is 2.21. The van der Waals surface area contributed by atoms with Crippen LogP contribution in [0.1, 0.15) is 19.8 Å². The predicted octanol–water partition coefficient (Wildman–Crippen LogP) is 0.347. The summed E-state index contributed by atoms with van der Waals surface area (Å²) in [7, 11) is 4.20. The molecule has 1 saturated heterocycles. The van der Waals surface area contributed by atoms with Gasteiger partial charge in [0.25, 0.3) is 0 Å². The van der Waals surface area contributed by atoms with Crippen molar-refractivity contribution in [2.45, 2.75) is 25.8 Å². The molecular weight excluding hydrogens is 176 g/mol. The molecule has 1 unspecified atom stereocenters. The van der Waals surface area contributed by atoms with Crippen LogP contribution in [-0.2, 0) is 0 Å². The van der Waals surface area contributed by atoms with E-state index in [0.29, 0.717) is 12.0 Å². The van der Waals surface area contributed by atoms with Gasteiger partial charge < -0.3 is 15.5 Å². The molecular formula is C10H22N4. The molecule has 1 atom stereocenters. The van der Waals surface area contributed by atoms with Crippen molar-refractivity contribution in [2.75, 3.05) is 33.7 Å². The van der Waals surface area contributed by atoms with E-state index < -0.39 is 0 Å². The number of piperidine rings is 1. The monoisotopic (exact) mass is 198 g/mol.